The van der Waals surface area contributed by atoms with E-state index in [4.69, 9.17) is 25.7 Å². The fraction of sp³-hybridized carbons (Fsp3) is 0.529. The number of aryl methyl sites for hydroxylation is 1. The summed E-state index contributed by atoms with van der Waals surface area (Å²) in [5.41, 5.74) is -0.861. The molecule has 0 amide bonds. The van der Waals surface area contributed by atoms with Crippen LogP contribution in [0.3, 0.4) is 0 Å². The second-order valence-corrected chi connectivity index (χ2v) is 14.8. The number of hydrogen-bond acceptors (Lipinski definition) is 10. The summed E-state index contributed by atoms with van der Waals surface area (Å²) in [6.07, 6.45) is 7.93. The van der Waals surface area contributed by atoms with E-state index in [2.05, 4.69) is 24.8 Å². The van der Waals surface area contributed by atoms with Crippen LogP contribution in [0, 0.1) is 11.2 Å². The van der Waals surface area contributed by atoms with Crippen molar-refractivity contribution in [3.8, 4) is 23.0 Å². The van der Waals surface area contributed by atoms with Gasteiger partial charge in [-0.25, -0.2) is 13.8 Å². The fourth-order valence-corrected chi connectivity index (χ4v) is 9.46. The summed E-state index contributed by atoms with van der Waals surface area (Å²) >= 11 is 6.65. The van der Waals surface area contributed by atoms with Gasteiger partial charge in [0.2, 0.25) is 5.89 Å². The number of nitrogens with zero attached hydrogens (tertiary/aromatic N) is 6. The Morgan fingerprint density at radius 2 is 1.94 bits per heavy atom. The molecule has 1 aromatic carbocycles. The van der Waals surface area contributed by atoms with Gasteiger partial charge in [0.1, 0.15) is 46.9 Å². The molecular weight excluding hydrogens is 630 g/mol. The largest absolute Gasteiger partial charge is 0.508 e. The Hall–Kier alpha value is -3.61. The first-order chi connectivity index (χ1) is 22.6. The van der Waals surface area contributed by atoms with Crippen LogP contribution < -0.4 is 9.64 Å². The van der Waals surface area contributed by atoms with Crippen molar-refractivity contribution in [2.24, 2.45) is 5.41 Å². The van der Waals surface area contributed by atoms with Crippen LogP contribution in [0.2, 0.25) is 5.02 Å². The second-order valence-electron chi connectivity index (χ2n) is 14.4. The van der Waals surface area contributed by atoms with Crippen molar-refractivity contribution in [2.45, 2.75) is 75.1 Å². The van der Waals surface area contributed by atoms with Gasteiger partial charge in [-0.1, -0.05) is 11.6 Å². The number of oxazole rings is 1. The molecule has 9 heterocycles. The quantitative estimate of drug-likeness (QED) is 0.291. The number of benzene rings is 1. The Bertz CT molecular complexity index is 1920. The number of aromatic hydroxyl groups is 1. The number of phenols is 1. The number of phenolic OH excluding ortho intramolecular Hbond substituents is 1. The summed E-state index contributed by atoms with van der Waals surface area (Å²) in [6.45, 7) is 2.68. The molecule has 0 radical (unpaired) electrons. The maximum absolute atomic E-state index is 16.9. The Morgan fingerprint density at radius 3 is 2.81 bits per heavy atom. The number of aromatic nitrogens is 4. The molecule has 1 spiro atoms. The van der Waals surface area contributed by atoms with E-state index in [1.165, 1.54) is 12.1 Å². The van der Waals surface area contributed by atoms with Crippen molar-refractivity contribution in [1.29, 1.82) is 0 Å². The van der Waals surface area contributed by atoms with E-state index in [-0.39, 0.29) is 40.0 Å². The van der Waals surface area contributed by atoms with E-state index in [1.807, 2.05) is 0 Å². The van der Waals surface area contributed by atoms with Crippen LogP contribution in [0.25, 0.3) is 22.2 Å². The summed E-state index contributed by atoms with van der Waals surface area (Å²) in [4.78, 5) is 22.8. The van der Waals surface area contributed by atoms with Crippen LogP contribution in [0.1, 0.15) is 62.2 Å². The average Bonchev–Trinajstić information content (AvgIpc) is 3.73. The first-order valence-corrected chi connectivity index (χ1v) is 16.8. The highest BCUT2D eigenvalue weighted by atomic mass is 35.5. The van der Waals surface area contributed by atoms with E-state index in [0.29, 0.717) is 85.7 Å². The third kappa shape index (κ3) is 4.69. The lowest BCUT2D eigenvalue weighted by atomic mass is 9.56. The first-order valence-electron chi connectivity index (χ1n) is 16.5. The van der Waals surface area contributed by atoms with E-state index >= 15 is 4.39 Å². The summed E-state index contributed by atoms with van der Waals surface area (Å²) in [5.74, 6) is 0.576. The zero-order valence-electron chi connectivity index (χ0n) is 25.8. The lowest BCUT2D eigenvalue weighted by Gasteiger charge is -2.56. The first kappa shape index (κ1) is 29.5. The number of rotatable bonds is 3. The van der Waals surface area contributed by atoms with Crippen LogP contribution in [0.4, 0.5) is 14.6 Å². The molecule has 4 fully saturated rings. The highest BCUT2D eigenvalue weighted by molar-refractivity contribution is 6.32. The monoisotopic (exact) mass is 664 g/mol. The topological polar surface area (TPSA) is 121 Å². The van der Waals surface area contributed by atoms with Gasteiger partial charge in [0.15, 0.2) is 5.82 Å². The lowest BCUT2D eigenvalue weighted by molar-refractivity contribution is -0.154. The zero-order valence-corrected chi connectivity index (χ0v) is 26.6. The number of anilines is 1. The molecule has 2 N–H and O–H groups in total. The molecule has 2 atom stereocenters. The third-order valence-electron chi connectivity index (χ3n) is 11.2. The summed E-state index contributed by atoms with van der Waals surface area (Å²) in [5, 5.41) is 22.8. The van der Waals surface area contributed by atoms with Gasteiger partial charge in [-0.15, -0.1) is 0 Å². The van der Waals surface area contributed by atoms with Crippen molar-refractivity contribution in [1.82, 2.24) is 24.8 Å². The fourth-order valence-electron chi connectivity index (χ4n) is 9.15. The number of fused-ring (bicyclic) bond motifs is 1. The second kappa shape index (κ2) is 10.4. The minimum Gasteiger partial charge on any atom is -0.508 e. The van der Waals surface area contributed by atoms with Gasteiger partial charge in [-0.05, 0) is 74.6 Å². The molecule has 7 aliphatic rings. The third-order valence-corrected chi connectivity index (χ3v) is 11.5. The van der Waals surface area contributed by atoms with Crippen molar-refractivity contribution < 1.29 is 28.1 Å². The van der Waals surface area contributed by atoms with Crippen molar-refractivity contribution in [3.05, 3.63) is 52.6 Å². The molecule has 13 heteroatoms. The molecule has 1 aliphatic carbocycles. The molecule has 0 unspecified atom stereocenters. The van der Waals surface area contributed by atoms with E-state index < -0.39 is 23.1 Å². The van der Waals surface area contributed by atoms with Crippen molar-refractivity contribution in [2.75, 3.05) is 37.7 Å². The average molecular weight is 665 g/mol. The number of aliphatic hydroxyl groups is 1. The van der Waals surface area contributed by atoms with Gasteiger partial charge in [-0.2, -0.15) is 9.97 Å². The van der Waals surface area contributed by atoms with E-state index in [0.717, 1.165) is 32.2 Å². The van der Waals surface area contributed by atoms with Crippen LogP contribution in [-0.4, -0.2) is 79.5 Å². The Kier molecular flexibility index (Phi) is 6.56. The standard InChI is InChI=1S/C34H35ClF2N6O4/c35-25-10-20(44)9-23-22(25)4-3-21-12-39-30(47-21)34(45)15-32(16-34)5-1-7-42(17-32)29-24-13-38-27(23)26(37)28(24)40-31(41-29)46-18-33-6-2-8-43(33)14-19(36)11-33/h9-10,12-13,19,44-45H,1-8,11,14-18H2/t19-,32?,33+,34?/m1/s1. The molecule has 47 heavy (non-hydrogen) atoms. The highest BCUT2D eigenvalue weighted by Crippen LogP contribution is 2.58. The van der Waals surface area contributed by atoms with Gasteiger partial charge in [0.25, 0.3) is 0 Å². The van der Waals surface area contributed by atoms with Gasteiger partial charge in [0.05, 0.1) is 17.1 Å². The summed E-state index contributed by atoms with van der Waals surface area (Å²) in [7, 11) is 0. The molecule has 3 saturated heterocycles. The number of halogens is 3. The molecular formula is C34H35ClF2N6O4. The van der Waals surface area contributed by atoms with E-state index in [9.17, 15) is 14.6 Å². The molecule has 11 rings (SSSR count). The van der Waals surface area contributed by atoms with Gasteiger partial charge in [0, 0.05) is 49.3 Å². The Labute approximate surface area is 274 Å². The van der Waals surface area contributed by atoms with Crippen molar-refractivity contribution in [3.63, 3.8) is 0 Å². The van der Waals surface area contributed by atoms with Crippen LogP contribution in [0.5, 0.6) is 11.8 Å². The predicted molar refractivity (Wildman–Crippen MR) is 169 cm³/mol. The minimum atomic E-state index is -1.18. The predicted octanol–water partition coefficient (Wildman–Crippen LogP) is 5.50. The van der Waals surface area contributed by atoms with Gasteiger partial charge >= 0.3 is 6.01 Å². The van der Waals surface area contributed by atoms with Gasteiger partial charge in [-0.3, -0.25) is 9.88 Å². The number of alkyl halides is 1. The molecule has 4 aromatic rings. The van der Waals surface area contributed by atoms with Gasteiger partial charge < -0.3 is 24.3 Å². The maximum Gasteiger partial charge on any atom is 0.319 e. The zero-order chi connectivity index (χ0) is 32.1. The molecule has 10 nitrogen and oxygen atoms in total. The molecule has 6 aliphatic heterocycles. The van der Waals surface area contributed by atoms with Crippen LogP contribution in [0.15, 0.2) is 28.9 Å². The summed E-state index contributed by atoms with van der Waals surface area (Å²) in [6, 6.07) is 2.89. The molecule has 3 aromatic heterocycles. The molecule has 1 saturated carbocycles. The van der Waals surface area contributed by atoms with Crippen LogP contribution >= 0.6 is 11.6 Å². The van der Waals surface area contributed by atoms with Crippen LogP contribution in [-0.2, 0) is 18.4 Å². The number of pyridine rings is 1. The Morgan fingerprint density at radius 1 is 1.09 bits per heavy atom. The van der Waals surface area contributed by atoms with Crippen molar-refractivity contribution >= 4 is 28.3 Å². The SMILES string of the molecule is Oc1cc(Cl)c2c(c1)-c1ncc3c(nc(OC[C@@]45CCCN4C[C@H](F)C5)nc3c1F)N1CCCC3(C1)CC(O)(C3)c1ncc(o1)CC2. The highest BCUT2D eigenvalue weighted by Gasteiger charge is 2.58. The number of hydrogen-bond donors (Lipinski definition) is 2. The lowest BCUT2D eigenvalue weighted by Crippen LogP contribution is -2.57. The maximum atomic E-state index is 16.9. The minimum absolute atomic E-state index is 0.00761. The molecule has 9 bridgehead atoms. The van der Waals surface area contributed by atoms with E-state index in [1.54, 1.807) is 12.4 Å². The smallest absolute Gasteiger partial charge is 0.319 e. The Balaban J connectivity index is 1.19. The molecule has 246 valence electrons. The normalized spacial score (nSPS) is 30.0. The summed E-state index contributed by atoms with van der Waals surface area (Å²) < 4.78 is 43.7. The number of ether oxygens (including phenoxy) is 1. The number of piperidine rings is 1.